The fraction of sp³-hybridized carbons (Fsp3) is 0.0500. The maximum atomic E-state index is 11.4. The predicted molar refractivity (Wildman–Crippen MR) is 186 cm³/mol. The van der Waals surface area contributed by atoms with E-state index in [0.29, 0.717) is 34.1 Å². The van der Waals surface area contributed by atoms with Gasteiger partial charge in [0.15, 0.2) is 11.5 Å². The van der Waals surface area contributed by atoms with Crippen molar-refractivity contribution in [2.75, 3.05) is 0 Å². The van der Waals surface area contributed by atoms with Crippen LogP contribution < -0.4 is 10.4 Å². The van der Waals surface area contributed by atoms with Crippen LogP contribution >= 0.6 is 11.3 Å². The van der Waals surface area contributed by atoms with Crippen LogP contribution in [0.5, 0.6) is 17.2 Å². The Morgan fingerprint density at radius 3 is 2.09 bits per heavy atom. The normalized spacial score (nSPS) is 17.2. The topological polar surface area (TPSA) is 80.9 Å². The first-order valence-electron chi connectivity index (χ1n) is 14.7. The third-order valence-corrected chi connectivity index (χ3v) is 9.46. The van der Waals surface area contributed by atoms with E-state index < -0.39 is 17.2 Å². The van der Waals surface area contributed by atoms with Crippen LogP contribution in [0.1, 0.15) is 29.5 Å². The number of benzene rings is 5. The van der Waals surface area contributed by atoms with Gasteiger partial charge in [-0.3, -0.25) is 0 Å². The number of aliphatic hydroxyl groups is 1. The van der Waals surface area contributed by atoms with Crippen molar-refractivity contribution in [3.63, 3.8) is 0 Å². The van der Waals surface area contributed by atoms with Gasteiger partial charge in [0.05, 0.1) is 4.70 Å². The summed E-state index contributed by atoms with van der Waals surface area (Å²) in [6.45, 7) is 3.73. The predicted octanol–water partition coefficient (Wildman–Crippen LogP) is 8.67. The lowest BCUT2D eigenvalue weighted by Gasteiger charge is -2.17. The quantitative estimate of drug-likeness (QED) is 0.120. The first kappa shape index (κ1) is 28.3. The molecule has 0 saturated heterocycles. The minimum atomic E-state index is -0.590. The number of phenolic OH excluding ortho intramolecular Hbond substituents is 3. The lowest BCUT2D eigenvalue weighted by Crippen LogP contribution is -2.30. The Hall–Kier alpha value is -5.52. The zero-order valence-electron chi connectivity index (χ0n) is 24.4. The molecule has 0 saturated carbocycles. The van der Waals surface area contributed by atoms with Crippen LogP contribution in [-0.2, 0) is 0 Å². The van der Waals surface area contributed by atoms with Gasteiger partial charge in [0.25, 0.3) is 0 Å². The number of hydrogen-bond donors (Lipinski definition) is 4. The van der Waals surface area contributed by atoms with Crippen LogP contribution in [0.3, 0.4) is 0 Å². The van der Waals surface area contributed by atoms with E-state index >= 15 is 0 Å². The Kier molecular flexibility index (Phi) is 7.24. The molecule has 220 valence electrons. The molecule has 0 spiro atoms. The molecule has 6 aromatic rings. The van der Waals surface area contributed by atoms with Crippen LogP contribution in [0.2, 0.25) is 0 Å². The van der Waals surface area contributed by atoms with Gasteiger partial charge in [0.2, 0.25) is 5.75 Å². The van der Waals surface area contributed by atoms with Gasteiger partial charge >= 0.3 is 0 Å². The van der Waals surface area contributed by atoms with E-state index in [1.165, 1.54) is 11.3 Å². The Bertz CT molecular complexity index is 2320. The molecule has 0 bridgehead atoms. The highest BCUT2D eigenvalue weighted by Gasteiger charge is 2.25. The van der Waals surface area contributed by atoms with E-state index in [9.17, 15) is 20.4 Å². The molecule has 5 heteroatoms. The molecule has 0 unspecified atom stereocenters. The van der Waals surface area contributed by atoms with E-state index in [1.807, 2.05) is 54.6 Å². The summed E-state index contributed by atoms with van der Waals surface area (Å²) in [6.07, 6.45) is 9.25. The van der Waals surface area contributed by atoms with Crippen molar-refractivity contribution in [1.29, 1.82) is 0 Å². The molecule has 1 aliphatic rings. The maximum absolute atomic E-state index is 11.4. The zero-order valence-corrected chi connectivity index (χ0v) is 25.2. The third kappa shape index (κ3) is 4.88. The molecule has 5 aromatic carbocycles. The molecular weight excluding hydrogens is 577 g/mol. The lowest BCUT2D eigenvalue weighted by atomic mass is 9.88. The second kappa shape index (κ2) is 11.5. The SMILES string of the molecule is C=C(O)c1csc2c(O)c(O)c(O)c(/C3=c4\cccc\c4=C(/c4cccc5cc(-c6ccccc6)ccc45)C/C=C\C=C/C3)c12. The number of thiophene rings is 1. The highest BCUT2D eigenvalue weighted by molar-refractivity contribution is 7.18. The average molecular weight is 607 g/mol. The highest BCUT2D eigenvalue weighted by atomic mass is 32.1. The molecule has 45 heavy (non-hydrogen) atoms. The first-order chi connectivity index (χ1) is 21.9. The van der Waals surface area contributed by atoms with Gasteiger partial charge in [-0.05, 0) is 68.0 Å². The molecule has 1 heterocycles. The van der Waals surface area contributed by atoms with Gasteiger partial charge in [0.1, 0.15) is 5.76 Å². The third-order valence-electron chi connectivity index (χ3n) is 8.47. The molecule has 1 aliphatic carbocycles. The zero-order chi connectivity index (χ0) is 31.1. The Balaban J connectivity index is 1.60. The molecule has 0 fully saturated rings. The van der Waals surface area contributed by atoms with Gasteiger partial charge in [-0.2, -0.15) is 0 Å². The number of hydrogen-bond acceptors (Lipinski definition) is 5. The Labute approximate surface area is 264 Å². The monoisotopic (exact) mass is 606 g/mol. The summed E-state index contributed by atoms with van der Waals surface area (Å²) in [5, 5.41) is 49.8. The summed E-state index contributed by atoms with van der Waals surface area (Å²) in [5.41, 5.74) is 6.05. The summed E-state index contributed by atoms with van der Waals surface area (Å²) in [5.74, 6) is -1.63. The number of aromatic hydroxyl groups is 3. The molecule has 0 aliphatic heterocycles. The van der Waals surface area contributed by atoms with Crippen LogP contribution in [0.4, 0.5) is 0 Å². The Morgan fingerprint density at radius 2 is 1.36 bits per heavy atom. The fourth-order valence-corrected chi connectivity index (χ4v) is 7.38. The van der Waals surface area contributed by atoms with E-state index in [2.05, 4.69) is 67.3 Å². The first-order valence-corrected chi connectivity index (χ1v) is 15.6. The smallest absolute Gasteiger partial charge is 0.202 e. The molecule has 7 rings (SSSR count). The van der Waals surface area contributed by atoms with Gasteiger partial charge in [0, 0.05) is 21.9 Å². The molecule has 4 nitrogen and oxygen atoms in total. The van der Waals surface area contributed by atoms with Crippen molar-refractivity contribution < 1.29 is 20.4 Å². The number of phenols is 3. The summed E-state index contributed by atoms with van der Waals surface area (Å²) >= 11 is 1.18. The van der Waals surface area contributed by atoms with Crippen LogP contribution in [0.15, 0.2) is 127 Å². The van der Waals surface area contributed by atoms with Crippen molar-refractivity contribution in [2.24, 2.45) is 0 Å². The summed E-state index contributed by atoms with van der Waals surface area (Å²) in [7, 11) is 0. The van der Waals surface area contributed by atoms with E-state index in [4.69, 9.17) is 0 Å². The Morgan fingerprint density at radius 1 is 0.667 bits per heavy atom. The average Bonchev–Trinajstić information content (AvgIpc) is 3.52. The van der Waals surface area contributed by atoms with Crippen molar-refractivity contribution >= 4 is 49.1 Å². The van der Waals surface area contributed by atoms with Gasteiger partial charge in [-0.15, -0.1) is 11.3 Å². The maximum Gasteiger partial charge on any atom is 0.202 e. The molecule has 0 atom stereocenters. The van der Waals surface area contributed by atoms with Crippen molar-refractivity contribution in [1.82, 2.24) is 0 Å². The van der Waals surface area contributed by atoms with Crippen molar-refractivity contribution in [2.45, 2.75) is 12.8 Å². The van der Waals surface area contributed by atoms with E-state index in [1.54, 1.807) is 5.38 Å². The number of fused-ring (bicyclic) bond motifs is 3. The minimum absolute atomic E-state index is 0.183. The molecule has 1 aromatic heterocycles. The number of rotatable bonds is 4. The molecule has 4 N–H and O–H groups in total. The number of aliphatic hydroxyl groups excluding tert-OH is 1. The van der Waals surface area contributed by atoms with Gasteiger partial charge in [-0.1, -0.05) is 116 Å². The molecule has 0 radical (unpaired) electrons. The van der Waals surface area contributed by atoms with Crippen LogP contribution in [0.25, 0.3) is 48.9 Å². The summed E-state index contributed by atoms with van der Waals surface area (Å²) in [6, 6.07) is 31.4. The van der Waals surface area contributed by atoms with E-state index in [0.717, 1.165) is 49.0 Å². The second-order valence-corrected chi connectivity index (χ2v) is 12.0. The minimum Gasteiger partial charge on any atom is -0.508 e. The largest absolute Gasteiger partial charge is 0.508 e. The van der Waals surface area contributed by atoms with Crippen LogP contribution in [0, 0.1) is 0 Å². The van der Waals surface area contributed by atoms with E-state index in [-0.39, 0.29) is 5.76 Å². The fourth-order valence-electron chi connectivity index (χ4n) is 6.35. The molecular formula is C40H30O4S. The molecule has 0 amide bonds. The summed E-state index contributed by atoms with van der Waals surface area (Å²) in [4.78, 5) is 0. The van der Waals surface area contributed by atoms with Crippen LogP contribution in [-0.4, -0.2) is 20.4 Å². The lowest BCUT2D eigenvalue weighted by molar-refractivity contribution is 0.371. The standard InChI is InChI=1S/C40H30O4S/c1-24(41)34-23-45-40-36(34)35(37(42)38(43)39(40)44)33-18-8-3-2-7-15-30(31-16-9-10-17-32(31)33)29-19-11-14-27-22-26(20-21-28(27)29)25-12-5-4-6-13-25/h2-14,16-17,19-23,41-44H,1,15,18H2/b7-2-,8-3-,31-30+,33-32+. The second-order valence-electron chi connectivity index (χ2n) is 11.1. The number of allylic oxidation sites excluding steroid dienone is 4. The van der Waals surface area contributed by atoms with Crippen molar-refractivity contribution in [3.05, 3.63) is 154 Å². The van der Waals surface area contributed by atoms with Crippen molar-refractivity contribution in [3.8, 4) is 28.4 Å². The highest BCUT2D eigenvalue weighted by Crippen LogP contribution is 2.51. The summed E-state index contributed by atoms with van der Waals surface area (Å²) < 4.78 is 0.365. The van der Waals surface area contributed by atoms with Gasteiger partial charge < -0.3 is 20.4 Å². The van der Waals surface area contributed by atoms with Gasteiger partial charge in [-0.25, -0.2) is 0 Å².